The minimum atomic E-state index is 0.161. The number of thiazole rings is 1. The van der Waals surface area contributed by atoms with Crippen LogP contribution in [0.5, 0.6) is 0 Å². The van der Waals surface area contributed by atoms with Crippen LogP contribution in [-0.4, -0.2) is 24.8 Å². The van der Waals surface area contributed by atoms with Crippen molar-refractivity contribution in [2.24, 2.45) is 5.10 Å². The van der Waals surface area contributed by atoms with E-state index in [1.54, 1.807) is 22.7 Å². The van der Waals surface area contributed by atoms with Gasteiger partial charge in [0.1, 0.15) is 0 Å². The van der Waals surface area contributed by atoms with Crippen molar-refractivity contribution in [3.63, 3.8) is 0 Å². The van der Waals surface area contributed by atoms with Crippen LogP contribution in [0.2, 0.25) is 0 Å². The molecule has 0 radical (unpaired) electrons. The molecule has 140 valence electrons. The zero-order valence-corrected chi connectivity index (χ0v) is 17.4. The van der Waals surface area contributed by atoms with Crippen LogP contribution in [0, 0.1) is 0 Å². The van der Waals surface area contributed by atoms with Crippen molar-refractivity contribution in [3.8, 4) is 0 Å². The fourth-order valence-electron chi connectivity index (χ4n) is 3.49. The molecule has 1 aliphatic heterocycles. The molecule has 3 heterocycles. The molecule has 6 heteroatoms. The number of rotatable bonds is 4. The summed E-state index contributed by atoms with van der Waals surface area (Å²) in [6.45, 7) is 0. The highest BCUT2D eigenvalue weighted by Gasteiger charge is 2.32. The molecule has 28 heavy (non-hydrogen) atoms. The number of hydrogen-bond donors (Lipinski definition) is 0. The van der Waals surface area contributed by atoms with E-state index in [0.717, 1.165) is 22.8 Å². The Morgan fingerprint density at radius 3 is 2.54 bits per heavy atom. The lowest BCUT2D eigenvalue weighted by Gasteiger charge is -2.22. The molecule has 0 N–H and O–H groups in total. The lowest BCUT2D eigenvalue weighted by Crippen LogP contribution is -2.18. The van der Waals surface area contributed by atoms with Gasteiger partial charge in [0.15, 0.2) is 0 Å². The fraction of sp³-hybridized carbons (Fsp3) is 0.182. The highest BCUT2D eigenvalue weighted by molar-refractivity contribution is 7.22. The van der Waals surface area contributed by atoms with E-state index >= 15 is 0 Å². The number of anilines is 2. The van der Waals surface area contributed by atoms with Gasteiger partial charge < -0.3 is 4.90 Å². The largest absolute Gasteiger partial charge is 0.378 e. The van der Waals surface area contributed by atoms with Gasteiger partial charge in [-0.05, 0) is 41.3 Å². The van der Waals surface area contributed by atoms with Crippen LogP contribution in [-0.2, 0) is 0 Å². The molecule has 0 aliphatic carbocycles. The first-order valence-corrected chi connectivity index (χ1v) is 10.9. The molecular weight excluding hydrogens is 384 g/mol. The highest BCUT2D eigenvalue weighted by atomic mass is 32.1. The van der Waals surface area contributed by atoms with Gasteiger partial charge in [-0.2, -0.15) is 5.10 Å². The molecule has 4 aromatic rings. The summed E-state index contributed by atoms with van der Waals surface area (Å²) in [5.41, 5.74) is 4.63. The molecule has 0 bridgehead atoms. The van der Waals surface area contributed by atoms with Gasteiger partial charge in [0.05, 0.1) is 26.8 Å². The fourth-order valence-corrected chi connectivity index (χ4v) is 5.18. The Hall–Kier alpha value is -2.70. The first kappa shape index (κ1) is 17.4. The maximum absolute atomic E-state index is 5.01. The Balaban J connectivity index is 1.56. The number of aromatic nitrogens is 1. The third kappa shape index (κ3) is 3.08. The topological polar surface area (TPSA) is 31.7 Å². The van der Waals surface area contributed by atoms with E-state index < -0.39 is 0 Å². The van der Waals surface area contributed by atoms with Gasteiger partial charge in [-0.15, -0.1) is 11.3 Å². The summed E-state index contributed by atoms with van der Waals surface area (Å²) >= 11 is 3.45. The third-order valence-electron chi connectivity index (χ3n) is 4.99. The van der Waals surface area contributed by atoms with Gasteiger partial charge in [0.25, 0.3) is 0 Å². The number of hydrazone groups is 1. The zero-order chi connectivity index (χ0) is 19.1. The second-order valence-corrected chi connectivity index (χ2v) is 9.00. The minimum Gasteiger partial charge on any atom is -0.378 e. The van der Waals surface area contributed by atoms with Crippen molar-refractivity contribution in [1.29, 1.82) is 0 Å². The molecule has 1 aliphatic rings. The van der Waals surface area contributed by atoms with Gasteiger partial charge in [-0.1, -0.05) is 41.7 Å². The maximum Gasteiger partial charge on any atom is 0.207 e. The van der Waals surface area contributed by atoms with Gasteiger partial charge in [0.2, 0.25) is 5.13 Å². The van der Waals surface area contributed by atoms with Crippen LogP contribution in [0.4, 0.5) is 10.8 Å². The van der Waals surface area contributed by atoms with Crippen molar-refractivity contribution >= 4 is 49.4 Å². The Labute approximate surface area is 172 Å². The SMILES string of the molecule is CN(C)c1ccc(C2CC(c3cccs3)=NN2c2nc3ccccc3s2)cc1. The molecule has 0 saturated carbocycles. The number of nitrogens with zero attached hydrogens (tertiary/aromatic N) is 4. The Bertz CT molecular complexity index is 1090. The van der Waals surface area contributed by atoms with Crippen LogP contribution in [0.3, 0.4) is 0 Å². The van der Waals surface area contributed by atoms with Gasteiger partial charge in [0, 0.05) is 26.2 Å². The van der Waals surface area contributed by atoms with Crippen LogP contribution >= 0.6 is 22.7 Å². The number of para-hydroxylation sites is 1. The quantitative estimate of drug-likeness (QED) is 0.432. The van der Waals surface area contributed by atoms with E-state index in [2.05, 4.69) is 84.0 Å². The normalized spacial score (nSPS) is 16.6. The van der Waals surface area contributed by atoms with Crippen LogP contribution in [0.15, 0.2) is 71.1 Å². The second kappa shape index (κ2) is 7.04. The first-order valence-electron chi connectivity index (χ1n) is 9.22. The van der Waals surface area contributed by atoms with Gasteiger partial charge in [-0.25, -0.2) is 9.99 Å². The van der Waals surface area contributed by atoms with Crippen molar-refractivity contribution < 1.29 is 0 Å². The van der Waals surface area contributed by atoms with Crippen molar-refractivity contribution in [2.45, 2.75) is 12.5 Å². The molecule has 2 aromatic carbocycles. The lowest BCUT2D eigenvalue weighted by molar-refractivity contribution is 0.707. The van der Waals surface area contributed by atoms with Crippen LogP contribution in [0.25, 0.3) is 10.2 Å². The monoisotopic (exact) mass is 404 g/mol. The molecule has 0 fully saturated rings. The van der Waals surface area contributed by atoms with Gasteiger partial charge >= 0.3 is 0 Å². The zero-order valence-electron chi connectivity index (χ0n) is 15.7. The standard InChI is InChI=1S/C22H20N4S2/c1-25(2)16-11-9-15(10-12-16)19-14-18(20-8-5-13-27-20)24-26(19)22-23-17-6-3-4-7-21(17)28-22/h3-13,19H,14H2,1-2H3. The van der Waals surface area contributed by atoms with Gasteiger partial charge in [-0.3, -0.25) is 0 Å². The molecule has 2 aromatic heterocycles. The number of thiophene rings is 1. The van der Waals surface area contributed by atoms with Crippen LogP contribution < -0.4 is 9.91 Å². The molecule has 0 amide bonds. The Morgan fingerprint density at radius 2 is 1.82 bits per heavy atom. The molecule has 4 nitrogen and oxygen atoms in total. The summed E-state index contributed by atoms with van der Waals surface area (Å²) in [4.78, 5) is 8.22. The average molecular weight is 405 g/mol. The number of fused-ring (bicyclic) bond motifs is 1. The molecule has 5 rings (SSSR count). The van der Waals surface area contributed by atoms with E-state index in [-0.39, 0.29) is 6.04 Å². The molecule has 0 saturated heterocycles. The molecule has 0 spiro atoms. The summed E-state index contributed by atoms with van der Waals surface area (Å²) < 4.78 is 1.19. The minimum absolute atomic E-state index is 0.161. The summed E-state index contributed by atoms with van der Waals surface area (Å²) in [6, 6.07) is 21.5. The Morgan fingerprint density at radius 1 is 1.00 bits per heavy atom. The summed E-state index contributed by atoms with van der Waals surface area (Å²) in [6.07, 6.45) is 0.887. The highest BCUT2D eigenvalue weighted by Crippen LogP contribution is 2.40. The van der Waals surface area contributed by atoms with Crippen molar-refractivity contribution in [3.05, 3.63) is 76.5 Å². The van der Waals surface area contributed by atoms with E-state index in [4.69, 9.17) is 10.1 Å². The smallest absolute Gasteiger partial charge is 0.207 e. The maximum atomic E-state index is 5.01. The third-order valence-corrected chi connectivity index (χ3v) is 6.93. The van der Waals surface area contributed by atoms with E-state index in [1.165, 1.54) is 20.8 Å². The van der Waals surface area contributed by atoms with Crippen molar-refractivity contribution in [2.75, 3.05) is 24.0 Å². The molecular formula is C22H20N4S2. The summed E-state index contributed by atoms with van der Waals surface area (Å²) in [5.74, 6) is 0. The number of hydrogen-bond acceptors (Lipinski definition) is 6. The number of benzene rings is 2. The summed E-state index contributed by atoms with van der Waals surface area (Å²) in [7, 11) is 4.13. The van der Waals surface area contributed by atoms with E-state index in [0.29, 0.717) is 0 Å². The van der Waals surface area contributed by atoms with E-state index in [1.807, 2.05) is 6.07 Å². The van der Waals surface area contributed by atoms with E-state index in [9.17, 15) is 0 Å². The average Bonchev–Trinajstić information content (AvgIpc) is 3.45. The summed E-state index contributed by atoms with van der Waals surface area (Å²) in [5, 5.41) is 10.2. The second-order valence-electron chi connectivity index (χ2n) is 7.04. The molecule has 1 unspecified atom stereocenters. The predicted octanol–water partition coefficient (Wildman–Crippen LogP) is 5.78. The Kier molecular flexibility index (Phi) is 4.37. The first-order chi connectivity index (χ1) is 13.7. The molecule has 1 atom stereocenters. The van der Waals surface area contributed by atoms with Crippen molar-refractivity contribution in [1.82, 2.24) is 4.98 Å². The predicted molar refractivity (Wildman–Crippen MR) is 121 cm³/mol. The lowest BCUT2D eigenvalue weighted by atomic mass is 10.0. The van der Waals surface area contributed by atoms with Crippen LogP contribution in [0.1, 0.15) is 22.9 Å².